The van der Waals surface area contributed by atoms with Crippen molar-refractivity contribution >= 4 is 45.8 Å². The third kappa shape index (κ3) is 4.01. The van der Waals surface area contributed by atoms with Gasteiger partial charge in [0, 0.05) is 49.9 Å². The molecule has 0 saturated carbocycles. The molecule has 3 heterocycles. The molecule has 5 rings (SSSR count). The molecule has 7 nitrogen and oxygen atoms in total. The first-order valence-corrected chi connectivity index (χ1v) is 11.4. The number of piperazine rings is 1. The molecule has 32 heavy (non-hydrogen) atoms. The number of carbonyl (C=O) groups excluding carboxylic acids is 1. The van der Waals surface area contributed by atoms with Crippen LogP contribution in [-0.4, -0.2) is 82.2 Å². The molecule has 1 N–H and O–H groups in total. The summed E-state index contributed by atoms with van der Waals surface area (Å²) in [5.41, 5.74) is 1.43. The van der Waals surface area contributed by atoms with Crippen molar-refractivity contribution in [2.24, 2.45) is 0 Å². The molecule has 166 valence electrons. The predicted octanol–water partition coefficient (Wildman–Crippen LogP) is 2.94. The van der Waals surface area contributed by atoms with Crippen molar-refractivity contribution in [3.8, 4) is 0 Å². The summed E-state index contributed by atoms with van der Waals surface area (Å²) in [6.07, 6.45) is 1.02. The molecule has 0 bridgehead atoms. The van der Waals surface area contributed by atoms with E-state index in [0.717, 1.165) is 16.7 Å². The molecule has 2 aliphatic rings. The Morgan fingerprint density at radius 3 is 2.47 bits per heavy atom. The van der Waals surface area contributed by atoms with Crippen LogP contribution in [0, 0.1) is 0 Å². The highest BCUT2D eigenvalue weighted by molar-refractivity contribution is 6.36. The monoisotopic (exact) mass is 471 g/mol. The average Bonchev–Trinajstić information content (AvgIpc) is 3.20. The van der Waals surface area contributed by atoms with Crippen LogP contribution in [0.2, 0.25) is 10.0 Å². The summed E-state index contributed by atoms with van der Waals surface area (Å²) >= 11 is 12.4. The van der Waals surface area contributed by atoms with Gasteiger partial charge in [0.05, 0.1) is 28.1 Å². The summed E-state index contributed by atoms with van der Waals surface area (Å²) in [6, 6.07) is 12.6. The highest BCUT2D eigenvalue weighted by Crippen LogP contribution is 2.32. The molecule has 0 unspecified atom stereocenters. The second-order valence-corrected chi connectivity index (χ2v) is 9.05. The highest BCUT2D eigenvalue weighted by Gasteiger charge is 2.38. The van der Waals surface area contributed by atoms with Crippen molar-refractivity contribution < 1.29 is 9.90 Å². The van der Waals surface area contributed by atoms with E-state index in [2.05, 4.69) is 19.8 Å². The van der Waals surface area contributed by atoms with Crippen LogP contribution in [0.5, 0.6) is 0 Å². The fraction of sp³-hybridized carbons (Fsp3) is 0.348. The number of amides is 1. The van der Waals surface area contributed by atoms with Crippen LogP contribution in [0.4, 0.5) is 5.82 Å². The molecule has 3 aromatic rings. The lowest BCUT2D eigenvalue weighted by Crippen LogP contribution is -2.54. The molecule has 1 amide bonds. The Morgan fingerprint density at radius 1 is 0.969 bits per heavy atom. The maximum Gasteiger partial charge on any atom is 0.253 e. The number of fused-ring (bicyclic) bond motifs is 1. The molecular weight excluding hydrogens is 449 g/mol. The third-order valence-corrected chi connectivity index (χ3v) is 6.88. The topological polar surface area (TPSA) is 72.8 Å². The molecular formula is C23H23Cl2N5O2. The number of anilines is 1. The second kappa shape index (κ2) is 8.83. The quantitative estimate of drug-likeness (QED) is 0.632. The molecule has 0 spiro atoms. The van der Waals surface area contributed by atoms with Crippen LogP contribution >= 0.6 is 23.2 Å². The fourth-order valence-electron chi connectivity index (χ4n) is 4.62. The predicted molar refractivity (Wildman–Crippen MR) is 125 cm³/mol. The number of rotatable bonds is 3. The smallest absolute Gasteiger partial charge is 0.253 e. The SMILES string of the molecule is O=C(c1ccc(Cl)cc1)N1CCN([C@H]2CN(c3ncnc4cccc(Cl)c34)C[C@@H]2O)CC1. The van der Waals surface area contributed by atoms with Gasteiger partial charge < -0.3 is 14.9 Å². The van der Waals surface area contributed by atoms with E-state index in [1.54, 1.807) is 24.3 Å². The number of halogens is 2. The van der Waals surface area contributed by atoms with Crippen molar-refractivity contribution in [3.63, 3.8) is 0 Å². The Hall–Kier alpha value is -2.45. The zero-order valence-corrected chi connectivity index (χ0v) is 18.9. The van der Waals surface area contributed by atoms with Gasteiger partial charge in [0.25, 0.3) is 5.91 Å². The van der Waals surface area contributed by atoms with E-state index in [4.69, 9.17) is 23.2 Å². The van der Waals surface area contributed by atoms with Crippen LogP contribution in [0.3, 0.4) is 0 Å². The van der Waals surface area contributed by atoms with Crippen molar-refractivity contribution in [1.29, 1.82) is 0 Å². The molecule has 2 aliphatic heterocycles. The maximum absolute atomic E-state index is 12.8. The van der Waals surface area contributed by atoms with Gasteiger partial charge in [0.15, 0.2) is 0 Å². The molecule has 2 fully saturated rings. The minimum Gasteiger partial charge on any atom is -0.390 e. The maximum atomic E-state index is 12.8. The summed E-state index contributed by atoms with van der Waals surface area (Å²) in [5.74, 6) is 0.760. The molecule has 2 saturated heterocycles. The largest absolute Gasteiger partial charge is 0.390 e. The van der Waals surface area contributed by atoms with Gasteiger partial charge in [-0.1, -0.05) is 29.3 Å². The molecule has 0 radical (unpaired) electrons. The fourth-order valence-corrected chi connectivity index (χ4v) is 5.00. The lowest BCUT2D eigenvalue weighted by Gasteiger charge is -2.38. The summed E-state index contributed by atoms with van der Waals surface area (Å²) in [6.45, 7) is 3.77. The highest BCUT2D eigenvalue weighted by atomic mass is 35.5. The number of hydrogen-bond donors (Lipinski definition) is 1. The van der Waals surface area contributed by atoms with Gasteiger partial charge in [0.2, 0.25) is 0 Å². The Kier molecular flexibility index (Phi) is 5.90. The van der Waals surface area contributed by atoms with Crippen LogP contribution in [0.15, 0.2) is 48.8 Å². The van der Waals surface area contributed by atoms with Crippen LogP contribution < -0.4 is 4.90 Å². The van der Waals surface area contributed by atoms with Crippen LogP contribution in [0.1, 0.15) is 10.4 Å². The summed E-state index contributed by atoms with van der Waals surface area (Å²) in [4.78, 5) is 27.8. The number of hydrogen-bond acceptors (Lipinski definition) is 6. The van der Waals surface area contributed by atoms with E-state index in [-0.39, 0.29) is 11.9 Å². The minimum atomic E-state index is -0.513. The molecule has 2 atom stereocenters. The van der Waals surface area contributed by atoms with Gasteiger partial charge in [0.1, 0.15) is 12.1 Å². The number of carbonyl (C=O) groups is 1. The number of aliphatic hydroxyl groups excluding tert-OH is 1. The first-order valence-electron chi connectivity index (χ1n) is 10.6. The molecule has 1 aromatic heterocycles. The van der Waals surface area contributed by atoms with Gasteiger partial charge in [-0.05, 0) is 36.4 Å². The van der Waals surface area contributed by atoms with E-state index in [1.165, 1.54) is 6.33 Å². The third-order valence-electron chi connectivity index (χ3n) is 6.31. The zero-order valence-electron chi connectivity index (χ0n) is 17.4. The Labute approximate surface area is 196 Å². The van der Waals surface area contributed by atoms with E-state index >= 15 is 0 Å². The molecule has 0 aliphatic carbocycles. The Morgan fingerprint density at radius 2 is 1.72 bits per heavy atom. The number of aromatic nitrogens is 2. The van der Waals surface area contributed by atoms with E-state index < -0.39 is 6.10 Å². The normalized spacial score (nSPS) is 22.0. The lowest BCUT2D eigenvalue weighted by molar-refractivity contribution is 0.0376. The van der Waals surface area contributed by atoms with Crippen LogP contribution in [0.25, 0.3) is 10.9 Å². The first kappa shape index (κ1) is 21.4. The zero-order chi connectivity index (χ0) is 22.2. The second-order valence-electron chi connectivity index (χ2n) is 8.21. The van der Waals surface area contributed by atoms with Gasteiger partial charge in [-0.15, -0.1) is 0 Å². The number of nitrogens with zero attached hydrogens (tertiary/aromatic N) is 5. The summed E-state index contributed by atoms with van der Waals surface area (Å²) in [5, 5.41) is 12.9. The molecule has 9 heteroatoms. The number of benzene rings is 2. The summed E-state index contributed by atoms with van der Waals surface area (Å²) < 4.78 is 0. The first-order chi connectivity index (χ1) is 15.5. The van der Waals surface area contributed by atoms with Crippen molar-refractivity contribution in [2.45, 2.75) is 12.1 Å². The lowest BCUT2D eigenvalue weighted by atomic mass is 10.1. The molecule has 2 aromatic carbocycles. The summed E-state index contributed by atoms with van der Waals surface area (Å²) in [7, 11) is 0. The van der Waals surface area contributed by atoms with Gasteiger partial charge in [-0.3, -0.25) is 9.69 Å². The van der Waals surface area contributed by atoms with E-state index in [0.29, 0.717) is 54.9 Å². The van der Waals surface area contributed by atoms with Gasteiger partial charge >= 0.3 is 0 Å². The standard InChI is InChI=1S/C23H23Cl2N5O2/c24-16-6-4-15(5-7-16)23(32)29-10-8-28(9-11-29)19-12-30(13-20(19)31)22-21-17(25)2-1-3-18(21)26-14-27-22/h1-7,14,19-20,31H,8-13H2/t19-,20-/m0/s1. The van der Waals surface area contributed by atoms with Crippen molar-refractivity contribution in [3.05, 3.63) is 64.4 Å². The Bertz CT molecular complexity index is 1130. The number of aliphatic hydroxyl groups is 1. The minimum absolute atomic E-state index is 0.0111. The van der Waals surface area contributed by atoms with E-state index in [9.17, 15) is 9.90 Å². The van der Waals surface area contributed by atoms with Crippen molar-refractivity contribution in [1.82, 2.24) is 19.8 Å². The van der Waals surface area contributed by atoms with Crippen LogP contribution in [-0.2, 0) is 0 Å². The number of β-amino-alcohol motifs (C(OH)–C–C–N with tert-alkyl or cyclic N) is 1. The van der Waals surface area contributed by atoms with Crippen molar-refractivity contribution in [2.75, 3.05) is 44.2 Å². The average molecular weight is 472 g/mol. The Balaban J connectivity index is 1.27. The van der Waals surface area contributed by atoms with E-state index in [1.807, 2.05) is 23.1 Å². The van der Waals surface area contributed by atoms with Gasteiger partial charge in [-0.2, -0.15) is 0 Å². The van der Waals surface area contributed by atoms with Gasteiger partial charge in [-0.25, -0.2) is 9.97 Å².